The number of anilines is 1. The van der Waals surface area contributed by atoms with Crippen molar-refractivity contribution < 1.29 is 14.7 Å². The number of carboxylic acids is 1. The van der Waals surface area contributed by atoms with Crippen molar-refractivity contribution in [3.8, 4) is 0 Å². The summed E-state index contributed by atoms with van der Waals surface area (Å²) in [7, 11) is 0. The summed E-state index contributed by atoms with van der Waals surface area (Å²) in [6.45, 7) is 0. The second kappa shape index (κ2) is 6.06. The topological polar surface area (TPSA) is 69.2 Å². The Kier molecular flexibility index (Phi) is 4.43. The summed E-state index contributed by atoms with van der Waals surface area (Å²) in [5, 5.41) is 14.2. The Morgan fingerprint density at radius 3 is 2.42 bits per heavy atom. The molecule has 0 unspecified atom stereocenters. The Morgan fingerprint density at radius 2 is 1.79 bits per heavy atom. The normalized spacial score (nSPS) is 22.8. The first kappa shape index (κ1) is 13.9. The van der Waals surface area contributed by atoms with E-state index in [1.165, 1.54) is 0 Å². The Bertz CT molecular complexity index is 489. The lowest BCUT2D eigenvalue weighted by molar-refractivity contribution is -0.313. The fourth-order valence-electron chi connectivity index (χ4n) is 2.51. The number of amides is 1. The molecule has 0 heterocycles. The molecule has 5 heteroatoms. The summed E-state index contributed by atoms with van der Waals surface area (Å²) in [6, 6.07) is 6.90. The van der Waals surface area contributed by atoms with E-state index in [9.17, 15) is 14.7 Å². The van der Waals surface area contributed by atoms with Gasteiger partial charge in [-0.1, -0.05) is 36.6 Å². The second-order valence-corrected chi connectivity index (χ2v) is 5.19. The number of carbonyl (C=O) groups excluding carboxylic acids is 2. The van der Waals surface area contributed by atoms with E-state index in [2.05, 4.69) is 5.32 Å². The number of hydrogen-bond donors (Lipinski definition) is 1. The van der Waals surface area contributed by atoms with Gasteiger partial charge in [-0.25, -0.2) is 0 Å². The first-order valence-corrected chi connectivity index (χ1v) is 6.73. The van der Waals surface area contributed by atoms with E-state index in [-0.39, 0.29) is 5.91 Å². The zero-order valence-corrected chi connectivity index (χ0v) is 11.2. The summed E-state index contributed by atoms with van der Waals surface area (Å²) in [6.07, 6.45) is 2.77. The zero-order chi connectivity index (χ0) is 13.8. The highest BCUT2D eigenvalue weighted by Gasteiger charge is 2.31. The van der Waals surface area contributed by atoms with Crippen molar-refractivity contribution in [2.45, 2.75) is 25.7 Å². The average molecular weight is 281 g/mol. The average Bonchev–Trinajstić information content (AvgIpc) is 2.41. The van der Waals surface area contributed by atoms with E-state index in [1.54, 1.807) is 24.3 Å². The number of nitrogens with one attached hydrogen (secondary N) is 1. The number of aliphatic carboxylic acids is 1. The molecule has 0 bridgehead atoms. The van der Waals surface area contributed by atoms with Crippen LogP contribution in [0, 0.1) is 11.8 Å². The summed E-state index contributed by atoms with van der Waals surface area (Å²) in [5.74, 6) is -2.66. The number of hydrogen-bond acceptors (Lipinski definition) is 3. The first-order valence-electron chi connectivity index (χ1n) is 6.36. The number of benzene rings is 1. The highest BCUT2D eigenvalue weighted by molar-refractivity contribution is 6.33. The fourth-order valence-corrected chi connectivity index (χ4v) is 2.70. The fraction of sp³-hybridized carbons (Fsp3) is 0.429. The molecule has 0 aliphatic heterocycles. The van der Waals surface area contributed by atoms with Crippen molar-refractivity contribution in [2.24, 2.45) is 11.8 Å². The Balaban J connectivity index is 2.10. The van der Waals surface area contributed by atoms with Gasteiger partial charge in [-0.05, 0) is 25.0 Å². The van der Waals surface area contributed by atoms with Crippen LogP contribution in [0.25, 0.3) is 0 Å². The van der Waals surface area contributed by atoms with Gasteiger partial charge >= 0.3 is 0 Å². The first-order chi connectivity index (χ1) is 9.09. The number of para-hydroxylation sites is 1. The molecule has 1 amide bonds. The summed E-state index contributed by atoms with van der Waals surface area (Å²) in [5.41, 5.74) is 0.511. The number of carbonyl (C=O) groups is 2. The van der Waals surface area contributed by atoms with Crippen LogP contribution in [0.2, 0.25) is 5.02 Å². The van der Waals surface area contributed by atoms with E-state index >= 15 is 0 Å². The predicted octanol–water partition coefficient (Wildman–Crippen LogP) is 1.83. The molecule has 1 N–H and O–H groups in total. The third-order valence-electron chi connectivity index (χ3n) is 3.54. The van der Waals surface area contributed by atoms with E-state index in [0.717, 1.165) is 12.8 Å². The molecule has 102 valence electrons. The monoisotopic (exact) mass is 280 g/mol. The van der Waals surface area contributed by atoms with Crippen molar-refractivity contribution in [1.82, 2.24) is 0 Å². The molecule has 1 aromatic rings. The predicted molar refractivity (Wildman–Crippen MR) is 70.5 cm³/mol. The molecule has 1 fully saturated rings. The molecule has 0 aromatic heterocycles. The molecule has 1 aromatic carbocycles. The van der Waals surface area contributed by atoms with Crippen LogP contribution >= 0.6 is 11.6 Å². The van der Waals surface area contributed by atoms with Gasteiger partial charge in [0.1, 0.15) is 0 Å². The Hall–Kier alpha value is -1.55. The van der Waals surface area contributed by atoms with Crippen molar-refractivity contribution in [1.29, 1.82) is 0 Å². The molecule has 2 atom stereocenters. The molecule has 4 nitrogen and oxygen atoms in total. The lowest BCUT2D eigenvalue weighted by Gasteiger charge is -2.31. The van der Waals surface area contributed by atoms with Crippen LogP contribution in [0.15, 0.2) is 24.3 Å². The molecule has 0 saturated heterocycles. The number of halogens is 1. The smallest absolute Gasteiger partial charge is 0.228 e. The van der Waals surface area contributed by atoms with Gasteiger partial charge in [0.05, 0.1) is 10.7 Å². The largest absolute Gasteiger partial charge is 0.550 e. The van der Waals surface area contributed by atoms with Gasteiger partial charge < -0.3 is 15.2 Å². The maximum Gasteiger partial charge on any atom is 0.228 e. The molecular formula is C14H15ClNO3-. The van der Waals surface area contributed by atoms with Crippen LogP contribution < -0.4 is 10.4 Å². The van der Waals surface area contributed by atoms with E-state index in [1.807, 2.05) is 0 Å². The minimum absolute atomic E-state index is 0.290. The second-order valence-electron chi connectivity index (χ2n) is 4.79. The van der Waals surface area contributed by atoms with Gasteiger partial charge in [-0.2, -0.15) is 0 Å². The number of carboxylic acid groups (broad SMARTS) is 1. The van der Waals surface area contributed by atoms with Gasteiger partial charge in [0.25, 0.3) is 0 Å². The Morgan fingerprint density at radius 1 is 1.16 bits per heavy atom. The molecule has 1 saturated carbocycles. The van der Waals surface area contributed by atoms with Gasteiger partial charge in [0.15, 0.2) is 0 Å². The van der Waals surface area contributed by atoms with E-state index in [0.29, 0.717) is 23.6 Å². The van der Waals surface area contributed by atoms with Crippen LogP contribution in [0.1, 0.15) is 25.7 Å². The zero-order valence-electron chi connectivity index (χ0n) is 10.4. The van der Waals surface area contributed by atoms with Crippen molar-refractivity contribution in [3.05, 3.63) is 29.3 Å². The third-order valence-corrected chi connectivity index (χ3v) is 3.87. The van der Waals surface area contributed by atoms with Crippen molar-refractivity contribution in [2.75, 3.05) is 5.32 Å². The molecule has 2 rings (SSSR count). The summed E-state index contributed by atoms with van der Waals surface area (Å²) < 4.78 is 0. The van der Waals surface area contributed by atoms with Crippen molar-refractivity contribution in [3.63, 3.8) is 0 Å². The standard InChI is InChI=1S/C14H16ClNO3/c15-11-7-3-4-8-12(11)16-13(17)9-5-1-2-6-10(9)14(18)19/h3-4,7-10H,1-2,5-6H2,(H,16,17)(H,18,19)/p-1/t9-,10+/m0/s1. The van der Waals surface area contributed by atoms with Crippen LogP contribution in [-0.4, -0.2) is 11.9 Å². The highest BCUT2D eigenvalue weighted by atomic mass is 35.5. The van der Waals surface area contributed by atoms with Crippen molar-refractivity contribution >= 4 is 29.2 Å². The lowest BCUT2D eigenvalue weighted by Crippen LogP contribution is -2.42. The van der Waals surface area contributed by atoms with Crippen LogP contribution in [-0.2, 0) is 9.59 Å². The van der Waals surface area contributed by atoms with Crippen LogP contribution in [0.5, 0.6) is 0 Å². The molecule has 19 heavy (non-hydrogen) atoms. The summed E-state index contributed by atoms with van der Waals surface area (Å²) in [4.78, 5) is 23.2. The van der Waals surface area contributed by atoms with Gasteiger partial charge in [0.2, 0.25) is 5.91 Å². The quantitative estimate of drug-likeness (QED) is 0.918. The Labute approximate surface area is 116 Å². The maximum atomic E-state index is 12.2. The van der Waals surface area contributed by atoms with Crippen LogP contribution in [0.4, 0.5) is 5.69 Å². The molecule has 0 radical (unpaired) electrons. The van der Waals surface area contributed by atoms with E-state index in [4.69, 9.17) is 11.6 Å². The van der Waals surface area contributed by atoms with Gasteiger partial charge in [-0.3, -0.25) is 4.79 Å². The maximum absolute atomic E-state index is 12.2. The lowest BCUT2D eigenvalue weighted by atomic mass is 9.78. The SMILES string of the molecule is O=C(Nc1ccccc1Cl)[C@H]1CCCC[C@H]1C(=O)[O-]. The third kappa shape index (κ3) is 3.26. The highest BCUT2D eigenvalue weighted by Crippen LogP contribution is 2.31. The summed E-state index contributed by atoms with van der Waals surface area (Å²) >= 11 is 5.96. The molecular weight excluding hydrogens is 266 g/mol. The minimum Gasteiger partial charge on any atom is -0.550 e. The van der Waals surface area contributed by atoms with E-state index < -0.39 is 17.8 Å². The number of rotatable bonds is 3. The van der Waals surface area contributed by atoms with Gasteiger partial charge in [-0.15, -0.1) is 0 Å². The molecule has 0 spiro atoms. The minimum atomic E-state index is -1.14. The van der Waals surface area contributed by atoms with Crippen LogP contribution in [0.3, 0.4) is 0 Å². The molecule has 1 aliphatic rings. The molecule has 1 aliphatic carbocycles. The van der Waals surface area contributed by atoms with Gasteiger partial charge in [0, 0.05) is 17.8 Å².